The first kappa shape index (κ1) is 12.0. The van der Waals surface area contributed by atoms with Gasteiger partial charge in [-0.05, 0) is 18.4 Å². The molecule has 1 saturated heterocycles. The van der Waals surface area contributed by atoms with Crippen LogP contribution < -0.4 is 0 Å². The van der Waals surface area contributed by atoms with Crippen LogP contribution in [0.5, 0.6) is 0 Å². The fourth-order valence-corrected chi connectivity index (χ4v) is 2.58. The van der Waals surface area contributed by atoms with Crippen LogP contribution >= 0.6 is 0 Å². The predicted molar refractivity (Wildman–Crippen MR) is 60.5 cm³/mol. The minimum Gasteiger partial charge on any atom is -0.372 e. The number of likely N-dealkylation sites (N-methyl/N-ethyl adjacent to an activating group) is 1. The first-order valence-corrected chi connectivity index (χ1v) is 5.62. The first-order chi connectivity index (χ1) is 6.29. The Labute approximate surface area is 88.6 Å². The lowest BCUT2D eigenvalue weighted by atomic mass is 9.69. The number of hydrogen-bond donors (Lipinski definition) is 0. The number of rotatable bonds is 1. The molecule has 0 radical (unpaired) electrons. The van der Waals surface area contributed by atoms with Crippen LogP contribution in [0.1, 0.15) is 34.6 Å². The molecular weight excluding hydrogens is 174 g/mol. The zero-order valence-electron chi connectivity index (χ0n) is 10.6. The third-order valence-corrected chi connectivity index (χ3v) is 3.54. The number of morpholine rings is 1. The van der Waals surface area contributed by atoms with E-state index in [2.05, 4.69) is 46.6 Å². The van der Waals surface area contributed by atoms with Crippen molar-refractivity contribution < 1.29 is 4.74 Å². The summed E-state index contributed by atoms with van der Waals surface area (Å²) in [6.45, 7) is 14.4. The summed E-state index contributed by atoms with van der Waals surface area (Å²) in [5.74, 6) is 0.560. The summed E-state index contributed by atoms with van der Waals surface area (Å²) in [6, 6.07) is 0. The van der Waals surface area contributed by atoms with Gasteiger partial charge in [0.15, 0.2) is 0 Å². The van der Waals surface area contributed by atoms with Gasteiger partial charge in [-0.25, -0.2) is 0 Å². The number of hydrogen-bond acceptors (Lipinski definition) is 2. The lowest BCUT2D eigenvalue weighted by Crippen LogP contribution is -2.60. The Balaban J connectivity index is 2.92. The minimum atomic E-state index is 0.0139. The van der Waals surface area contributed by atoms with Crippen molar-refractivity contribution in [3.63, 3.8) is 0 Å². The molecule has 0 spiro atoms. The normalized spacial score (nSPS) is 31.1. The van der Waals surface area contributed by atoms with Gasteiger partial charge in [0.2, 0.25) is 0 Å². The Morgan fingerprint density at radius 3 is 2.14 bits per heavy atom. The summed E-state index contributed by atoms with van der Waals surface area (Å²) in [4.78, 5) is 2.38. The first-order valence-electron chi connectivity index (χ1n) is 5.62. The van der Waals surface area contributed by atoms with E-state index in [0.29, 0.717) is 5.92 Å². The standard InChI is InChI=1S/C12H25NO/c1-10(2)12(11(3,4)5)9-13(6)7-8-14-12/h10H,7-9H2,1-6H3. The van der Waals surface area contributed by atoms with Crippen LogP contribution in [-0.2, 0) is 4.74 Å². The molecule has 0 bridgehead atoms. The van der Waals surface area contributed by atoms with E-state index < -0.39 is 0 Å². The molecule has 1 unspecified atom stereocenters. The van der Waals surface area contributed by atoms with Gasteiger partial charge in [-0.3, -0.25) is 0 Å². The van der Waals surface area contributed by atoms with Crippen molar-refractivity contribution in [2.24, 2.45) is 11.3 Å². The monoisotopic (exact) mass is 199 g/mol. The van der Waals surface area contributed by atoms with Crippen LogP contribution in [0.15, 0.2) is 0 Å². The third-order valence-electron chi connectivity index (χ3n) is 3.54. The van der Waals surface area contributed by atoms with Crippen molar-refractivity contribution >= 4 is 0 Å². The molecule has 0 aliphatic carbocycles. The highest BCUT2D eigenvalue weighted by molar-refractivity contribution is 4.98. The van der Waals surface area contributed by atoms with Gasteiger partial charge >= 0.3 is 0 Å². The average Bonchev–Trinajstić information content (AvgIpc) is 2.01. The molecule has 0 N–H and O–H groups in total. The van der Waals surface area contributed by atoms with Gasteiger partial charge in [0.25, 0.3) is 0 Å². The van der Waals surface area contributed by atoms with Gasteiger partial charge in [-0.1, -0.05) is 34.6 Å². The SMILES string of the molecule is CC(C)C1(C(C)(C)C)CN(C)CCO1. The lowest BCUT2D eigenvalue weighted by Gasteiger charge is -2.52. The van der Waals surface area contributed by atoms with Crippen LogP contribution in [0.3, 0.4) is 0 Å². The van der Waals surface area contributed by atoms with Crippen molar-refractivity contribution in [3.8, 4) is 0 Å². The van der Waals surface area contributed by atoms with Gasteiger partial charge < -0.3 is 9.64 Å². The largest absolute Gasteiger partial charge is 0.372 e. The second kappa shape index (κ2) is 3.82. The van der Waals surface area contributed by atoms with E-state index in [9.17, 15) is 0 Å². The maximum absolute atomic E-state index is 6.12. The highest BCUT2D eigenvalue weighted by atomic mass is 16.5. The minimum absolute atomic E-state index is 0.0139. The Kier molecular flexibility index (Phi) is 3.27. The Hall–Kier alpha value is -0.0800. The molecule has 1 aliphatic rings. The molecule has 2 nitrogen and oxygen atoms in total. The molecular formula is C12H25NO. The highest BCUT2D eigenvalue weighted by Crippen LogP contribution is 2.41. The molecule has 1 rings (SSSR count). The predicted octanol–water partition coefficient (Wildman–Crippen LogP) is 2.39. The van der Waals surface area contributed by atoms with Gasteiger partial charge in [-0.2, -0.15) is 0 Å². The van der Waals surface area contributed by atoms with E-state index in [-0.39, 0.29) is 11.0 Å². The molecule has 1 heterocycles. The van der Waals surface area contributed by atoms with E-state index in [1.165, 1.54) is 0 Å². The Morgan fingerprint density at radius 2 is 1.86 bits per heavy atom. The van der Waals surface area contributed by atoms with Crippen LogP contribution in [0.2, 0.25) is 0 Å². The van der Waals surface area contributed by atoms with Crippen molar-refractivity contribution in [1.29, 1.82) is 0 Å². The molecule has 84 valence electrons. The topological polar surface area (TPSA) is 12.5 Å². The van der Waals surface area contributed by atoms with Gasteiger partial charge in [-0.15, -0.1) is 0 Å². The maximum Gasteiger partial charge on any atom is 0.0879 e. The van der Waals surface area contributed by atoms with E-state index in [1.54, 1.807) is 0 Å². The quantitative estimate of drug-likeness (QED) is 0.643. The van der Waals surface area contributed by atoms with Crippen LogP contribution in [0.4, 0.5) is 0 Å². The van der Waals surface area contributed by atoms with Crippen molar-refractivity contribution in [2.75, 3.05) is 26.7 Å². The van der Waals surface area contributed by atoms with Crippen LogP contribution in [0.25, 0.3) is 0 Å². The molecule has 0 amide bonds. The van der Waals surface area contributed by atoms with Gasteiger partial charge in [0.1, 0.15) is 0 Å². The van der Waals surface area contributed by atoms with E-state index in [0.717, 1.165) is 19.7 Å². The van der Waals surface area contributed by atoms with Gasteiger partial charge in [0, 0.05) is 13.1 Å². The fraction of sp³-hybridized carbons (Fsp3) is 1.00. The van der Waals surface area contributed by atoms with Crippen molar-refractivity contribution in [2.45, 2.75) is 40.2 Å². The summed E-state index contributed by atoms with van der Waals surface area (Å²) in [5, 5.41) is 0. The van der Waals surface area contributed by atoms with Crippen LogP contribution in [-0.4, -0.2) is 37.2 Å². The van der Waals surface area contributed by atoms with Crippen molar-refractivity contribution in [3.05, 3.63) is 0 Å². The molecule has 0 aromatic rings. The highest BCUT2D eigenvalue weighted by Gasteiger charge is 2.47. The van der Waals surface area contributed by atoms with Gasteiger partial charge in [0.05, 0.1) is 12.2 Å². The van der Waals surface area contributed by atoms with Crippen molar-refractivity contribution in [1.82, 2.24) is 4.90 Å². The fourth-order valence-electron chi connectivity index (χ4n) is 2.58. The van der Waals surface area contributed by atoms with E-state index in [4.69, 9.17) is 4.74 Å². The maximum atomic E-state index is 6.12. The summed E-state index contributed by atoms with van der Waals surface area (Å²) < 4.78 is 6.12. The lowest BCUT2D eigenvalue weighted by molar-refractivity contribution is -0.185. The number of ether oxygens (including phenoxy) is 1. The Morgan fingerprint density at radius 1 is 1.29 bits per heavy atom. The number of nitrogens with zero attached hydrogens (tertiary/aromatic N) is 1. The van der Waals surface area contributed by atoms with E-state index in [1.807, 2.05) is 0 Å². The summed E-state index contributed by atoms with van der Waals surface area (Å²) in [5.41, 5.74) is 0.218. The molecule has 1 fully saturated rings. The summed E-state index contributed by atoms with van der Waals surface area (Å²) >= 11 is 0. The molecule has 1 atom stereocenters. The van der Waals surface area contributed by atoms with E-state index >= 15 is 0 Å². The smallest absolute Gasteiger partial charge is 0.0879 e. The summed E-state index contributed by atoms with van der Waals surface area (Å²) in [6.07, 6.45) is 0. The Bertz CT molecular complexity index is 195. The zero-order valence-corrected chi connectivity index (χ0v) is 10.6. The summed E-state index contributed by atoms with van der Waals surface area (Å²) in [7, 11) is 2.19. The molecule has 14 heavy (non-hydrogen) atoms. The molecule has 0 saturated carbocycles. The average molecular weight is 199 g/mol. The molecule has 2 heteroatoms. The molecule has 0 aromatic heterocycles. The second-order valence-electron chi connectivity index (χ2n) is 5.88. The second-order valence-corrected chi connectivity index (χ2v) is 5.88. The zero-order chi connectivity index (χ0) is 11.0. The third kappa shape index (κ3) is 1.96. The molecule has 0 aromatic carbocycles. The van der Waals surface area contributed by atoms with Crippen LogP contribution in [0, 0.1) is 11.3 Å². The molecule has 1 aliphatic heterocycles.